The molecule has 0 bridgehead atoms. The van der Waals surface area contributed by atoms with Gasteiger partial charge in [-0.1, -0.05) is 12.1 Å². The molecule has 0 amide bonds. The van der Waals surface area contributed by atoms with Crippen LogP contribution in [0.15, 0.2) is 18.2 Å². The van der Waals surface area contributed by atoms with E-state index in [9.17, 15) is 0 Å². The zero-order valence-corrected chi connectivity index (χ0v) is 9.16. The van der Waals surface area contributed by atoms with Crippen LogP contribution in [0.25, 0.3) is 0 Å². The van der Waals surface area contributed by atoms with Crippen molar-refractivity contribution < 1.29 is 5.11 Å². The average molecular weight is 206 g/mol. The molecule has 82 valence electrons. The van der Waals surface area contributed by atoms with E-state index in [4.69, 9.17) is 5.11 Å². The van der Waals surface area contributed by atoms with Gasteiger partial charge in [0.2, 0.25) is 0 Å². The van der Waals surface area contributed by atoms with E-state index < -0.39 is 0 Å². The van der Waals surface area contributed by atoms with Crippen LogP contribution >= 0.6 is 0 Å². The minimum absolute atomic E-state index is 0.202. The molecule has 0 saturated carbocycles. The number of anilines is 1. The third-order valence-electron chi connectivity index (χ3n) is 2.89. The van der Waals surface area contributed by atoms with Crippen molar-refractivity contribution in [2.75, 3.05) is 31.6 Å². The molecular weight excluding hydrogens is 188 g/mol. The quantitative estimate of drug-likeness (QED) is 0.714. The lowest BCUT2D eigenvalue weighted by Gasteiger charge is -2.12. The summed E-state index contributed by atoms with van der Waals surface area (Å²) in [5.74, 6) is 0. The minimum atomic E-state index is 0.202. The Morgan fingerprint density at radius 2 is 2.33 bits per heavy atom. The normalized spacial score (nSPS) is 14.4. The summed E-state index contributed by atoms with van der Waals surface area (Å²) in [5, 5.41) is 11.9. The molecule has 0 unspecified atom stereocenters. The van der Waals surface area contributed by atoms with Gasteiger partial charge < -0.3 is 15.3 Å². The van der Waals surface area contributed by atoms with E-state index in [1.165, 1.54) is 16.8 Å². The number of aliphatic hydroxyl groups excluding tert-OH is 1. The van der Waals surface area contributed by atoms with Crippen LogP contribution in [0.1, 0.15) is 11.1 Å². The fourth-order valence-electron chi connectivity index (χ4n) is 2.04. The van der Waals surface area contributed by atoms with Gasteiger partial charge in [0.1, 0.15) is 0 Å². The first-order chi connectivity index (χ1) is 7.31. The van der Waals surface area contributed by atoms with Gasteiger partial charge in [-0.15, -0.1) is 0 Å². The second-order valence-corrected chi connectivity index (χ2v) is 4.04. The minimum Gasteiger partial charge on any atom is -0.395 e. The molecule has 0 saturated heterocycles. The first-order valence-electron chi connectivity index (χ1n) is 5.46. The van der Waals surface area contributed by atoms with E-state index in [-0.39, 0.29) is 6.61 Å². The lowest BCUT2D eigenvalue weighted by Crippen LogP contribution is -2.17. The molecule has 0 atom stereocenters. The lowest BCUT2D eigenvalue weighted by atomic mass is 10.1. The van der Waals surface area contributed by atoms with Crippen molar-refractivity contribution in [1.82, 2.24) is 5.32 Å². The Kier molecular flexibility index (Phi) is 3.23. The summed E-state index contributed by atoms with van der Waals surface area (Å²) in [6.45, 7) is 2.84. The molecule has 3 nitrogen and oxygen atoms in total. The van der Waals surface area contributed by atoms with E-state index in [1.54, 1.807) is 0 Å². The second-order valence-electron chi connectivity index (χ2n) is 4.04. The molecule has 3 heteroatoms. The van der Waals surface area contributed by atoms with Gasteiger partial charge in [-0.2, -0.15) is 0 Å². The molecule has 0 fully saturated rings. The van der Waals surface area contributed by atoms with Crippen molar-refractivity contribution in [3.8, 4) is 0 Å². The Morgan fingerprint density at radius 3 is 3.13 bits per heavy atom. The largest absolute Gasteiger partial charge is 0.395 e. The highest BCUT2D eigenvalue weighted by Crippen LogP contribution is 2.27. The van der Waals surface area contributed by atoms with Crippen LogP contribution in [-0.4, -0.2) is 31.9 Å². The first-order valence-corrected chi connectivity index (χ1v) is 5.46. The maximum absolute atomic E-state index is 8.66. The highest BCUT2D eigenvalue weighted by atomic mass is 16.3. The number of hydrogen-bond donors (Lipinski definition) is 2. The van der Waals surface area contributed by atoms with Crippen LogP contribution in [0.5, 0.6) is 0 Å². The first kappa shape index (κ1) is 10.5. The molecule has 1 aliphatic heterocycles. The third-order valence-corrected chi connectivity index (χ3v) is 2.89. The summed E-state index contributed by atoms with van der Waals surface area (Å²) >= 11 is 0. The fraction of sp³-hybridized carbons (Fsp3) is 0.500. The Labute approximate surface area is 90.7 Å². The molecule has 0 radical (unpaired) electrons. The Bertz CT molecular complexity index is 338. The average Bonchev–Trinajstić information content (AvgIpc) is 2.61. The molecule has 1 heterocycles. The fourth-order valence-corrected chi connectivity index (χ4v) is 2.04. The molecule has 2 rings (SSSR count). The van der Waals surface area contributed by atoms with Gasteiger partial charge in [0.05, 0.1) is 6.61 Å². The van der Waals surface area contributed by atoms with Crippen molar-refractivity contribution in [3.05, 3.63) is 29.3 Å². The molecule has 15 heavy (non-hydrogen) atoms. The summed E-state index contributed by atoms with van der Waals surface area (Å²) in [6.07, 6.45) is 1.15. The van der Waals surface area contributed by atoms with Crippen LogP contribution in [0, 0.1) is 0 Å². The van der Waals surface area contributed by atoms with Crippen LogP contribution < -0.4 is 10.2 Å². The van der Waals surface area contributed by atoms with Crippen molar-refractivity contribution >= 4 is 5.69 Å². The maximum atomic E-state index is 8.66. The van der Waals surface area contributed by atoms with Crippen LogP contribution in [0.3, 0.4) is 0 Å². The third kappa shape index (κ3) is 2.30. The summed E-state index contributed by atoms with van der Waals surface area (Å²) in [4.78, 5) is 2.29. The topological polar surface area (TPSA) is 35.5 Å². The molecule has 0 spiro atoms. The number of fused-ring (bicyclic) bond motifs is 1. The van der Waals surface area contributed by atoms with Gasteiger partial charge in [0, 0.05) is 32.4 Å². The van der Waals surface area contributed by atoms with E-state index >= 15 is 0 Å². The molecule has 0 aromatic heterocycles. The molecule has 2 N–H and O–H groups in total. The van der Waals surface area contributed by atoms with Gasteiger partial charge in [-0.25, -0.2) is 0 Å². The van der Waals surface area contributed by atoms with Crippen molar-refractivity contribution in [2.45, 2.75) is 13.0 Å². The Morgan fingerprint density at radius 1 is 1.47 bits per heavy atom. The number of aliphatic hydroxyl groups is 1. The van der Waals surface area contributed by atoms with E-state index in [1.807, 2.05) is 0 Å². The van der Waals surface area contributed by atoms with Gasteiger partial charge in [-0.3, -0.25) is 0 Å². The predicted octanol–water partition coefficient (Wildman–Crippen LogP) is 0.761. The number of hydrogen-bond acceptors (Lipinski definition) is 3. The summed E-state index contributed by atoms with van der Waals surface area (Å²) in [5.41, 5.74) is 4.11. The van der Waals surface area contributed by atoms with E-state index in [0.29, 0.717) is 6.54 Å². The van der Waals surface area contributed by atoms with Crippen LogP contribution in [-0.2, 0) is 13.0 Å². The summed E-state index contributed by atoms with van der Waals surface area (Å²) in [6, 6.07) is 6.62. The van der Waals surface area contributed by atoms with E-state index in [2.05, 4.69) is 35.5 Å². The van der Waals surface area contributed by atoms with Gasteiger partial charge in [0.15, 0.2) is 0 Å². The van der Waals surface area contributed by atoms with Gasteiger partial charge >= 0.3 is 0 Å². The molecular formula is C12H18N2O. The highest BCUT2D eigenvalue weighted by Gasteiger charge is 2.14. The van der Waals surface area contributed by atoms with Crippen molar-refractivity contribution in [2.24, 2.45) is 0 Å². The molecule has 1 aliphatic rings. The zero-order chi connectivity index (χ0) is 10.7. The number of nitrogens with zero attached hydrogens (tertiary/aromatic N) is 1. The van der Waals surface area contributed by atoms with Crippen LogP contribution in [0.2, 0.25) is 0 Å². The number of likely N-dealkylation sites (N-methyl/N-ethyl adjacent to an activating group) is 1. The standard InChI is InChI=1S/C12H18N2O/c1-14-6-4-11-8-10(2-3-12(11)14)9-13-5-7-15/h2-3,8,13,15H,4-7,9H2,1H3. The summed E-state index contributed by atoms with van der Waals surface area (Å²) in [7, 11) is 2.13. The highest BCUT2D eigenvalue weighted by molar-refractivity contribution is 5.58. The zero-order valence-electron chi connectivity index (χ0n) is 9.16. The smallest absolute Gasteiger partial charge is 0.0556 e. The maximum Gasteiger partial charge on any atom is 0.0556 e. The number of benzene rings is 1. The van der Waals surface area contributed by atoms with Gasteiger partial charge in [-0.05, 0) is 23.6 Å². The molecule has 1 aromatic rings. The van der Waals surface area contributed by atoms with Crippen LogP contribution in [0.4, 0.5) is 5.69 Å². The second kappa shape index (κ2) is 4.64. The summed E-state index contributed by atoms with van der Waals surface area (Å²) < 4.78 is 0. The lowest BCUT2D eigenvalue weighted by molar-refractivity contribution is 0.292. The van der Waals surface area contributed by atoms with Crippen molar-refractivity contribution in [3.63, 3.8) is 0 Å². The molecule has 1 aromatic carbocycles. The Hall–Kier alpha value is -1.06. The predicted molar refractivity (Wildman–Crippen MR) is 62.2 cm³/mol. The van der Waals surface area contributed by atoms with Gasteiger partial charge in [0.25, 0.3) is 0 Å². The number of rotatable bonds is 4. The van der Waals surface area contributed by atoms with Crippen molar-refractivity contribution in [1.29, 1.82) is 0 Å². The molecule has 0 aliphatic carbocycles. The SMILES string of the molecule is CN1CCc2cc(CNCCO)ccc21. The van der Waals surface area contributed by atoms with E-state index in [0.717, 1.165) is 19.5 Å². The number of nitrogens with one attached hydrogen (secondary N) is 1. The monoisotopic (exact) mass is 206 g/mol. The Balaban J connectivity index is 2.03.